The van der Waals surface area contributed by atoms with Gasteiger partial charge in [0.15, 0.2) is 4.87 Å². The van der Waals surface area contributed by atoms with E-state index in [1.54, 1.807) is 24.4 Å². The van der Waals surface area contributed by atoms with E-state index in [4.69, 9.17) is 9.47 Å². The average molecular weight is 238 g/mol. The Bertz CT molecular complexity index is 348. The lowest BCUT2D eigenvalue weighted by Crippen LogP contribution is -2.37. The van der Waals surface area contributed by atoms with E-state index in [0.29, 0.717) is 6.61 Å². The van der Waals surface area contributed by atoms with E-state index in [1.807, 2.05) is 18.2 Å². The molecule has 1 heterocycles. The molecule has 1 unspecified atom stereocenters. The Hall–Kier alpha value is -1.04. The quantitative estimate of drug-likeness (QED) is 0.627. The second-order valence-electron chi connectivity index (χ2n) is 3.41. The molecule has 0 fully saturated rings. The summed E-state index contributed by atoms with van der Waals surface area (Å²) in [4.78, 5) is -0.320. The largest absolute Gasteiger partial charge is 0.359 e. The standard InChI is InChI=1S/C11H14N2O2S/c1-14-9-15-7-11(13-12-8-16-11)10-5-3-2-4-6-10/h2-6,8,13H,7,9H2,1H3. The molecular formula is C11H14N2O2S. The Morgan fingerprint density at radius 1 is 1.38 bits per heavy atom. The summed E-state index contributed by atoms with van der Waals surface area (Å²) in [5.41, 5.74) is 6.04. The van der Waals surface area contributed by atoms with Gasteiger partial charge in [-0.15, -0.1) is 0 Å². The lowest BCUT2D eigenvalue weighted by molar-refractivity contribution is -0.0418. The van der Waals surface area contributed by atoms with Crippen molar-refractivity contribution in [1.82, 2.24) is 5.43 Å². The number of thioether (sulfide) groups is 1. The number of benzene rings is 1. The van der Waals surface area contributed by atoms with Crippen molar-refractivity contribution < 1.29 is 9.47 Å². The Balaban J connectivity index is 2.10. The molecule has 0 saturated heterocycles. The van der Waals surface area contributed by atoms with Crippen molar-refractivity contribution in [2.75, 3.05) is 20.5 Å². The van der Waals surface area contributed by atoms with E-state index in [0.717, 1.165) is 5.56 Å². The van der Waals surface area contributed by atoms with Crippen molar-refractivity contribution in [3.63, 3.8) is 0 Å². The number of nitrogens with zero attached hydrogens (tertiary/aromatic N) is 1. The molecule has 1 aromatic rings. The maximum absolute atomic E-state index is 5.44. The molecule has 0 saturated carbocycles. The smallest absolute Gasteiger partial charge is 0.154 e. The van der Waals surface area contributed by atoms with E-state index < -0.39 is 0 Å². The van der Waals surface area contributed by atoms with E-state index in [2.05, 4.69) is 22.7 Å². The zero-order valence-corrected chi connectivity index (χ0v) is 9.87. The summed E-state index contributed by atoms with van der Waals surface area (Å²) in [6.45, 7) is 0.798. The maximum atomic E-state index is 5.44. The number of rotatable bonds is 5. The highest BCUT2D eigenvalue weighted by Crippen LogP contribution is 2.35. The van der Waals surface area contributed by atoms with E-state index in [1.165, 1.54) is 0 Å². The van der Waals surface area contributed by atoms with Gasteiger partial charge in [-0.25, -0.2) is 0 Å². The molecule has 1 aromatic carbocycles. The Labute approximate surface area is 99.0 Å². The van der Waals surface area contributed by atoms with Crippen LogP contribution in [-0.4, -0.2) is 26.1 Å². The summed E-state index contributed by atoms with van der Waals surface area (Å²) in [7, 11) is 1.61. The first-order chi connectivity index (χ1) is 7.87. The number of hydrazone groups is 1. The lowest BCUT2D eigenvalue weighted by atomic mass is 10.1. The molecule has 1 aliphatic rings. The number of ether oxygens (including phenoxy) is 2. The van der Waals surface area contributed by atoms with Gasteiger partial charge in [-0.1, -0.05) is 42.1 Å². The monoisotopic (exact) mass is 238 g/mol. The molecule has 4 nitrogen and oxygen atoms in total. The molecule has 0 aliphatic carbocycles. The fourth-order valence-corrected chi connectivity index (χ4v) is 2.35. The molecule has 1 atom stereocenters. The van der Waals surface area contributed by atoms with Crippen molar-refractivity contribution in [3.8, 4) is 0 Å². The number of methoxy groups -OCH3 is 1. The highest BCUT2D eigenvalue weighted by molar-refractivity contribution is 8.13. The second-order valence-corrected chi connectivity index (χ2v) is 4.56. The molecule has 0 aromatic heterocycles. The molecule has 0 spiro atoms. The maximum Gasteiger partial charge on any atom is 0.154 e. The molecule has 0 radical (unpaired) electrons. The summed E-state index contributed by atoms with van der Waals surface area (Å²) in [6, 6.07) is 10.1. The van der Waals surface area contributed by atoms with Crippen LogP contribution in [0.2, 0.25) is 0 Å². The molecule has 0 amide bonds. The van der Waals surface area contributed by atoms with E-state index in [-0.39, 0.29) is 11.7 Å². The Morgan fingerprint density at radius 3 is 2.81 bits per heavy atom. The topological polar surface area (TPSA) is 42.9 Å². The summed E-state index contributed by atoms with van der Waals surface area (Å²) in [6.07, 6.45) is 0. The summed E-state index contributed by atoms with van der Waals surface area (Å²) in [5, 5.41) is 4.06. The predicted molar refractivity (Wildman–Crippen MR) is 65.2 cm³/mol. The van der Waals surface area contributed by atoms with Crippen LogP contribution < -0.4 is 5.43 Å². The minimum absolute atomic E-state index is 0.289. The minimum Gasteiger partial charge on any atom is -0.359 e. The lowest BCUT2D eigenvalue weighted by Gasteiger charge is -2.27. The number of hydrogen-bond donors (Lipinski definition) is 1. The van der Waals surface area contributed by atoms with Crippen LogP contribution in [0, 0.1) is 0 Å². The normalized spacial score (nSPS) is 23.3. The van der Waals surface area contributed by atoms with Gasteiger partial charge < -0.3 is 9.47 Å². The second kappa shape index (κ2) is 5.34. The fraction of sp³-hybridized carbons (Fsp3) is 0.364. The average Bonchev–Trinajstić information content (AvgIpc) is 2.81. The van der Waals surface area contributed by atoms with Gasteiger partial charge in [-0.05, 0) is 5.56 Å². The predicted octanol–water partition coefficient (Wildman–Crippen LogP) is 1.74. The van der Waals surface area contributed by atoms with Crippen LogP contribution >= 0.6 is 11.8 Å². The molecule has 16 heavy (non-hydrogen) atoms. The van der Waals surface area contributed by atoms with E-state index in [9.17, 15) is 0 Å². The number of nitrogens with one attached hydrogen (secondary N) is 1. The molecule has 2 rings (SSSR count). The van der Waals surface area contributed by atoms with Crippen LogP contribution in [-0.2, 0) is 14.3 Å². The Kier molecular flexibility index (Phi) is 3.82. The van der Waals surface area contributed by atoms with Crippen molar-refractivity contribution >= 4 is 17.3 Å². The Morgan fingerprint density at radius 2 is 2.19 bits per heavy atom. The molecule has 86 valence electrons. The zero-order valence-electron chi connectivity index (χ0n) is 9.05. The molecule has 1 aliphatic heterocycles. The van der Waals surface area contributed by atoms with Crippen molar-refractivity contribution in [1.29, 1.82) is 0 Å². The van der Waals surface area contributed by atoms with Crippen LogP contribution in [0.4, 0.5) is 0 Å². The fourth-order valence-electron chi connectivity index (χ4n) is 1.53. The van der Waals surface area contributed by atoms with Gasteiger partial charge in [-0.3, -0.25) is 5.43 Å². The molecule has 0 bridgehead atoms. The van der Waals surface area contributed by atoms with Crippen molar-refractivity contribution in [2.45, 2.75) is 4.87 Å². The van der Waals surface area contributed by atoms with E-state index >= 15 is 0 Å². The van der Waals surface area contributed by atoms with Crippen LogP contribution in [0.25, 0.3) is 0 Å². The first-order valence-corrected chi connectivity index (χ1v) is 5.84. The van der Waals surface area contributed by atoms with Crippen LogP contribution in [0.3, 0.4) is 0 Å². The van der Waals surface area contributed by atoms with Crippen LogP contribution in [0.5, 0.6) is 0 Å². The van der Waals surface area contributed by atoms with Gasteiger partial charge in [0.2, 0.25) is 0 Å². The van der Waals surface area contributed by atoms with Gasteiger partial charge >= 0.3 is 0 Å². The third kappa shape index (κ3) is 2.37. The van der Waals surface area contributed by atoms with Gasteiger partial charge in [-0.2, -0.15) is 5.10 Å². The first kappa shape index (κ1) is 11.4. The van der Waals surface area contributed by atoms with Gasteiger partial charge in [0.05, 0.1) is 12.2 Å². The summed E-state index contributed by atoms with van der Waals surface area (Å²) >= 11 is 1.61. The highest BCUT2D eigenvalue weighted by Gasteiger charge is 2.35. The van der Waals surface area contributed by atoms with Crippen molar-refractivity contribution in [3.05, 3.63) is 35.9 Å². The highest BCUT2D eigenvalue weighted by atomic mass is 32.2. The van der Waals surface area contributed by atoms with Crippen molar-refractivity contribution in [2.24, 2.45) is 5.10 Å². The molecule has 1 N–H and O–H groups in total. The SMILES string of the molecule is COCOCC1(c2ccccc2)NN=CS1. The van der Waals surface area contributed by atoms with Gasteiger partial charge in [0.1, 0.15) is 6.79 Å². The summed E-state index contributed by atoms with van der Waals surface area (Å²) in [5.74, 6) is 0. The number of hydrogen-bond acceptors (Lipinski definition) is 5. The minimum atomic E-state index is -0.320. The third-order valence-corrected chi connectivity index (χ3v) is 3.36. The van der Waals surface area contributed by atoms with Gasteiger partial charge in [0.25, 0.3) is 0 Å². The molecule has 5 heteroatoms. The first-order valence-electron chi connectivity index (χ1n) is 4.96. The zero-order chi connectivity index (χ0) is 11.3. The van der Waals surface area contributed by atoms with Gasteiger partial charge in [0, 0.05) is 7.11 Å². The summed E-state index contributed by atoms with van der Waals surface area (Å²) < 4.78 is 10.3. The molecular weight excluding hydrogens is 224 g/mol. The third-order valence-electron chi connectivity index (χ3n) is 2.30. The van der Waals surface area contributed by atoms with Crippen LogP contribution in [0.15, 0.2) is 35.4 Å². The van der Waals surface area contributed by atoms with Crippen LogP contribution in [0.1, 0.15) is 5.56 Å².